The molecule has 1 unspecified atom stereocenters. The summed E-state index contributed by atoms with van der Waals surface area (Å²) in [6.45, 7) is 0. The van der Waals surface area contributed by atoms with Crippen molar-refractivity contribution < 1.29 is 18.0 Å². The van der Waals surface area contributed by atoms with Crippen LogP contribution in [-0.2, 0) is 6.18 Å². The second kappa shape index (κ2) is 7.58. The highest BCUT2D eigenvalue weighted by Crippen LogP contribution is 2.36. The fourth-order valence-electron chi connectivity index (χ4n) is 3.47. The molecule has 0 radical (unpaired) electrons. The van der Waals surface area contributed by atoms with Crippen LogP contribution in [0.2, 0.25) is 4.34 Å². The van der Waals surface area contributed by atoms with Gasteiger partial charge in [-0.05, 0) is 25.0 Å². The van der Waals surface area contributed by atoms with Crippen LogP contribution in [-0.4, -0.2) is 32.6 Å². The number of fused-ring (bicyclic) bond motifs is 1. The van der Waals surface area contributed by atoms with Crippen LogP contribution in [0.15, 0.2) is 24.5 Å². The molecule has 3 heterocycles. The number of carbonyl (C=O) groups excluding carboxylic acids is 1. The molecule has 1 fully saturated rings. The average molecular weight is 444 g/mol. The minimum atomic E-state index is -4.47. The number of thiazole rings is 1. The van der Waals surface area contributed by atoms with E-state index in [0.717, 1.165) is 53.8 Å². The Morgan fingerprint density at radius 1 is 1.31 bits per heavy atom. The number of pyridine rings is 1. The molecule has 0 aromatic carbocycles. The van der Waals surface area contributed by atoms with Crippen LogP contribution in [0.25, 0.3) is 16.8 Å². The first-order valence-electron chi connectivity index (χ1n) is 9.02. The van der Waals surface area contributed by atoms with Crippen molar-refractivity contribution in [2.75, 3.05) is 0 Å². The Kier molecular flexibility index (Phi) is 5.26. The number of nitrogens with one attached hydrogen (secondary N) is 1. The SMILES string of the molecule is NC1CCCC[C@@H]1NC(=O)c1nc(-c2cnn3cc(C(F)(F)F)ccc23)c(Cl)s1. The summed E-state index contributed by atoms with van der Waals surface area (Å²) in [5, 5.41) is 7.06. The molecule has 0 aliphatic heterocycles. The van der Waals surface area contributed by atoms with Gasteiger partial charge in [0.2, 0.25) is 0 Å². The van der Waals surface area contributed by atoms with E-state index in [-0.39, 0.29) is 27.3 Å². The van der Waals surface area contributed by atoms with Crippen LogP contribution in [0.4, 0.5) is 13.2 Å². The number of hydrogen-bond acceptors (Lipinski definition) is 5. The van der Waals surface area contributed by atoms with Crippen LogP contribution in [0.1, 0.15) is 41.0 Å². The maximum absolute atomic E-state index is 12.9. The monoisotopic (exact) mass is 443 g/mol. The lowest BCUT2D eigenvalue weighted by atomic mass is 9.91. The van der Waals surface area contributed by atoms with Gasteiger partial charge in [0.1, 0.15) is 10.0 Å². The molecule has 0 spiro atoms. The predicted molar refractivity (Wildman–Crippen MR) is 104 cm³/mol. The second-order valence-electron chi connectivity index (χ2n) is 6.97. The summed E-state index contributed by atoms with van der Waals surface area (Å²) in [5.41, 5.74) is 6.43. The Morgan fingerprint density at radius 2 is 2.07 bits per heavy atom. The fraction of sp³-hybridized carbons (Fsp3) is 0.389. The Morgan fingerprint density at radius 3 is 2.79 bits per heavy atom. The number of amides is 1. The summed E-state index contributed by atoms with van der Waals surface area (Å²) in [5.74, 6) is -0.360. The lowest BCUT2D eigenvalue weighted by Crippen LogP contribution is -2.49. The maximum Gasteiger partial charge on any atom is 0.417 e. The van der Waals surface area contributed by atoms with Gasteiger partial charge in [0.25, 0.3) is 5.91 Å². The summed E-state index contributed by atoms with van der Waals surface area (Å²) in [4.78, 5) is 16.9. The predicted octanol–water partition coefficient (Wildman–Crippen LogP) is 4.13. The average Bonchev–Trinajstić information content (AvgIpc) is 3.25. The standard InChI is InChI=1S/C18H17ClF3N5OS/c19-15-14(10-7-24-27-8-9(18(20,21)22)5-6-13(10)27)26-17(29-15)16(28)25-12-4-2-1-3-11(12)23/h5-8,11-12H,1-4,23H2,(H,25,28)/t11?,12-/m0/s1. The molecule has 6 nitrogen and oxygen atoms in total. The van der Waals surface area contributed by atoms with E-state index in [1.54, 1.807) is 0 Å². The summed E-state index contributed by atoms with van der Waals surface area (Å²) >= 11 is 7.30. The zero-order valence-corrected chi connectivity index (χ0v) is 16.6. The molecule has 29 heavy (non-hydrogen) atoms. The first kappa shape index (κ1) is 20.1. The van der Waals surface area contributed by atoms with Crippen molar-refractivity contribution in [1.82, 2.24) is 19.9 Å². The van der Waals surface area contributed by atoms with Gasteiger partial charge in [0.15, 0.2) is 5.01 Å². The van der Waals surface area contributed by atoms with E-state index < -0.39 is 11.7 Å². The zero-order valence-electron chi connectivity index (χ0n) is 15.0. The summed E-state index contributed by atoms with van der Waals surface area (Å²) in [6, 6.07) is 2.07. The third-order valence-corrected chi connectivity index (χ3v) is 6.27. The van der Waals surface area contributed by atoms with Crippen molar-refractivity contribution in [2.24, 2.45) is 5.73 Å². The molecule has 3 N–H and O–H groups in total. The molecule has 4 rings (SSSR count). The highest BCUT2D eigenvalue weighted by atomic mass is 35.5. The maximum atomic E-state index is 12.9. The van der Waals surface area contributed by atoms with Crippen molar-refractivity contribution >= 4 is 34.4 Å². The van der Waals surface area contributed by atoms with Gasteiger partial charge in [-0.1, -0.05) is 35.8 Å². The number of aromatic nitrogens is 3. The largest absolute Gasteiger partial charge is 0.417 e. The zero-order chi connectivity index (χ0) is 20.8. The van der Waals surface area contributed by atoms with E-state index in [9.17, 15) is 18.0 Å². The minimum absolute atomic E-state index is 0.0925. The van der Waals surface area contributed by atoms with E-state index in [1.807, 2.05) is 0 Å². The summed E-state index contributed by atoms with van der Waals surface area (Å²) in [6.07, 6.45) is 1.54. The number of nitrogens with two attached hydrogens (primary N) is 1. The Balaban J connectivity index is 1.62. The smallest absolute Gasteiger partial charge is 0.346 e. The van der Waals surface area contributed by atoms with E-state index in [4.69, 9.17) is 17.3 Å². The lowest BCUT2D eigenvalue weighted by Gasteiger charge is -2.28. The number of halogens is 4. The summed E-state index contributed by atoms with van der Waals surface area (Å²) in [7, 11) is 0. The van der Waals surface area contributed by atoms with Gasteiger partial charge in [-0.15, -0.1) is 0 Å². The topological polar surface area (TPSA) is 85.3 Å². The van der Waals surface area contributed by atoms with Crippen molar-refractivity contribution in [3.05, 3.63) is 39.4 Å². The van der Waals surface area contributed by atoms with E-state index in [0.29, 0.717) is 16.8 Å². The van der Waals surface area contributed by atoms with Gasteiger partial charge in [-0.25, -0.2) is 9.50 Å². The van der Waals surface area contributed by atoms with Crippen LogP contribution in [0.5, 0.6) is 0 Å². The molecule has 154 valence electrons. The summed E-state index contributed by atoms with van der Waals surface area (Å²) < 4.78 is 40.1. The quantitative estimate of drug-likeness (QED) is 0.637. The van der Waals surface area contributed by atoms with Crippen molar-refractivity contribution in [3.63, 3.8) is 0 Å². The molecule has 2 atom stereocenters. The van der Waals surface area contributed by atoms with Crippen LogP contribution < -0.4 is 11.1 Å². The molecule has 0 bridgehead atoms. The van der Waals surface area contributed by atoms with Crippen LogP contribution in [0, 0.1) is 0 Å². The number of nitrogens with zero attached hydrogens (tertiary/aromatic N) is 3. The van der Waals surface area contributed by atoms with E-state index >= 15 is 0 Å². The molecule has 3 aromatic heterocycles. The normalized spacial score (nSPS) is 20.2. The van der Waals surface area contributed by atoms with Gasteiger partial charge >= 0.3 is 6.18 Å². The third-order valence-electron chi connectivity index (χ3n) is 5.01. The van der Waals surface area contributed by atoms with Crippen molar-refractivity contribution in [3.8, 4) is 11.3 Å². The number of rotatable bonds is 3. The van der Waals surface area contributed by atoms with E-state index in [2.05, 4.69) is 15.4 Å². The van der Waals surface area contributed by atoms with Crippen molar-refractivity contribution in [1.29, 1.82) is 0 Å². The molecular weight excluding hydrogens is 427 g/mol. The van der Waals surface area contributed by atoms with Gasteiger partial charge in [-0.2, -0.15) is 18.3 Å². The molecular formula is C18H17ClF3N5OS. The van der Waals surface area contributed by atoms with Crippen molar-refractivity contribution in [2.45, 2.75) is 43.9 Å². The molecule has 3 aromatic rings. The van der Waals surface area contributed by atoms with Gasteiger partial charge in [0.05, 0.1) is 17.3 Å². The molecule has 1 amide bonds. The Bertz CT molecular complexity index is 1060. The lowest BCUT2D eigenvalue weighted by molar-refractivity contribution is -0.137. The molecule has 1 saturated carbocycles. The molecule has 11 heteroatoms. The molecule has 1 aliphatic carbocycles. The van der Waals surface area contributed by atoms with E-state index in [1.165, 1.54) is 12.3 Å². The third kappa shape index (κ3) is 3.96. The second-order valence-corrected chi connectivity index (χ2v) is 8.57. The first-order valence-corrected chi connectivity index (χ1v) is 10.2. The Hall–Kier alpha value is -2.17. The highest BCUT2D eigenvalue weighted by molar-refractivity contribution is 7.18. The van der Waals surface area contributed by atoms with Crippen LogP contribution in [0.3, 0.4) is 0 Å². The van der Waals surface area contributed by atoms with Gasteiger partial charge < -0.3 is 11.1 Å². The molecule has 0 saturated heterocycles. The minimum Gasteiger partial charge on any atom is -0.346 e. The highest BCUT2D eigenvalue weighted by Gasteiger charge is 2.31. The van der Waals surface area contributed by atoms with Gasteiger partial charge in [0, 0.05) is 23.8 Å². The number of carbonyl (C=O) groups is 1. The fourth-order valence-corrected chi connectivity index (χ4v) is 4.54. The number of hydrogen-bond donors (Lipinski definition) is 2. The van der Waals surface area contributed by atoms with Gasteiger partial charge in [-0.3, -0.25) is 4.79 Å². The van der Waals surface area contributed by atoms with Crippen LogP contribution >= 0.6 is 22.9 Å². The first-order chi connectivity index (χ1) is 13.7. The number of alkyl halides is 3. The molecule has 1 aliphatic rings. The Labute approximate surface area is 172 Å².